The van der Waals surface area contributed by atoms with Crippen molar-refractivity contribution in [1.29, 1.82) is 0 Å². The maximum absolute atomic E-state index is 2.67. The molecule has 0 aliphatic heterocycles. The first-order valence-electron chi connectivity index (χ1n) is 22.5. The molecule has 0 atom stereocenters. The van der Waals surface area contributed by atoms with Gasteiger partial charge < -0.3 is 0 Å². The second kappa shape index (κ2) is 15.1. The Labute approximate surface area is 376 Å². The molecule has 0 bridgehead atoms. The molecular formula is C63H46Si. The van der Waals surface area contributed by atoms with E-state index in [0.29, 0.717) is 0 Å². The van der Waals surface area contributed by atoms with Crippen LogP contribution in [0.4, 0.5) is 0 Å². The van der Waals surface area contributed by atoms with Crippen LogP contribution in [0.3, 0.4) is 0 Å². The summed E-state index contributed by atoms with van der Waals surface area (Å²) in [4.78, 5) is 0. The van der Waals surface area contributed by atoms with Gasteiger partial charge in [-0.2, -0.15) is 0 Å². The van der Waals surface area contributed by atoms with E-state index in [-0.39, 0.29) is 5.41 Å². The van der Waals surface area contributed by atoms with Gasteiger partial charge in [-0.15, -0.1) is 0 Å². The molecule has 11 aromatic carbocycles. The fourth-order valence-electron chi connectivity index (χ4n) is 11.1. The molecule has 302 valence electrons. The number of hydrogen-bond acceptors (Lipinski definition) is 0. The van der Waals surface area contributed by atoms with Crippen molar-refractivity contribution in [3.8, 4) is 44.5 Å². The molecule has 0 radical (unpaired) electrons. The van der Waals surface area contributed by atoms with Crippen molar-refractivity contribution in [2.45, 2.75) is 19.3 Å². The summed E-state index contributed by atoms with van der Waals surface area (Å²) in [6.07, 6.45) is 0. The summed E-state index contributed by atoms with van der Waals surface area (Å²) in [5, 5.41) is 13.2. The van der Waals surface area contributed by atoms with Gasteiger partial charge in [-0.05, 0) is 121 Å². The standard InChI is InChI=1S/C63H46Si/c1-63(2)59-41-47(36-38-53(59)54-39-37-52(42-60(54)63)64(49-20-6-3-7-21-49,50-22-8-4-9-23-50)51-24-10-5-11-25-51)44-30-33-45(34-31-44)61-55-26-14-16-28-57(55)62(58-29-17-15-27-56(58)61)48-35-32-43-18-12-13-19-46(43)40-48/h3-42H,1-2H3. The lowest BCUT2D eigenvalue weighted by atomic mass is 9.81. The minimum absolute atomic E-state index is 0.189. The van der Waals surface area contributed by atoms with Crippen molar-refractivity contribution in [2.24, 2.45) is 0 Å². The van der Waals surface area contributed by atoms with Crippen molar-refractivity contribution in [1.82, 2.24) is 0 Å². The highest BCUT2D eigenvalue weighted by molar-refractivity contribution is 7.19. The van der Waals surface area contributed by atoms with E-state index in [1.807, 2.05) is 0 Å². The Hall–Kier alpha value is -7.58. The Morgan fingerprint density at radius 2 is 0.688 bits per heavy atom. The second-order valence-electron chi connectivity index (χ2n) is 18.0. The van der Waals surface area contributed by atoms with E-state index < -0.39 is 8.07 Å². The summed E-state index contributed by atoms with van der Waals surface area (Å²) < 4.78 is 0. The van der Waals surface area contributed by atoms with Gasteiger partial charge in [0.25, 0.3) is 0 Å². The molecule has 0 aromatic heterocycles. The van der Waals surface area contributed by atoms with Crippen molar-refractivity contribution in [3.05, 3.63) is 254 Å². The molecule has 0 fully saturated rings. The zero-order valence-corrected chi connectivity index (χ0v) is 37.1. The summed E-state index contributed by atoms with van der Waals surface area (Å²) in [7, 11) is -2.67. The number of rotatable bonds is 7. The number of fused-ring (bicyclic) bond motifs is 6. The first-order chi connectivity index (χ1) is 31.5. The third-order valence-electron chi connectivity index (χ3n) is 14.2. The molecule has 0 saturated heterocycles. The van der Waals surface area contributed by atoms with Crippen LogP contribution >= 0.6 is 0 Å². The highest BCUT2D eigenvalue weighted by atomic mass is 28.3. The quantitative estimate of drug-likeness (QED) is 0.0853. The zero-order chi connectivity index (χ0) is 42.8. The van der Waals surface area contributed by atoms with Crippen LogP contribution in [0.25, 0.3) is 76.8 Å². The Morgan fingerprint density at radius 1 is 0.281 bits per heavy atom. The summed E-state index contributed by atoms with van der Waals surface area (Å²) in [5.74, 6) is 0. The predicted molar refractivity (Wildman–Crippen MR) is 276 cm³/mol. The zero-order valence-electron chi connectivity index (χ0n) is 36.1. The third kappa shape index (κ3) is 5.89. The lowest BCUT2D eigenvalue weighted by molar-refractivity contribution is 0.661. The molecule has 0 saturated carbocycles. The highest BCUT2D eigenvalue weighted by Crippen LogP contribution is 2.50. The smallest absolute Gasteiger partial charge is 0.0623 e. The minimum atomic E-state index is -2.67. The van der Waals surface area contributed by atoms with Gasteiger partial charge >= 0.3 is 0 Å². The van der Waals surface area contributed by atoms with Crippen LogP contribution in [-0.4, -0.2) is 8.07 Å². The molecule has 0 heterocycles. The summed E-state index contributed by atoms with van der Waals surface area (Å²) in [6, 6.07) is 91.1. The van der Waals surface area contributed by atoms with E-state index in [1.54, 1.807) is 0 Å². The maximum atomic E-state index is 2.57. The van der Waals surface area contributed by atoms with Gasteiger partial charge in [-0.1, -0.05) is 244 Å². The third-order valence-corrected chi connectivity index (χ3v) is 19.0. The monoisotopic (exact) mass is 830 g/mol. The molecule has 1 heteroatoms. The molecule has 1 aliphatic rings. The van der Waals surface area contributed by atoms with Gasteiger partial charge in [0.15, 0.2) is 8.07 Å². The first-order valence-corrected chi connectivity index (χ1v) is 24.5. The Kier molecular flexibility index (Phi) is 8.96. The second-order valence-corrected chi connectivity index (χ2v) is 21.8. The number of benzene rings is 11. The van der Waals surface area contributed by atoms with Crippen molar-refractivity contribution >= 4 is 61.1 Å². The van der Waals surface area contributed by atoms with Crippen LogP contribution in [0.1, 0.15) is 25.0 Å². The van der Waals surface area contributed by atoms with E-state index in [1.165, 1.54) is 109 Å². The van der Waals surface area contributed by atoms with Crippen LogP contribution in [0.5, 0.6) is 0 Å². The number of hydrogen-bond donors (Lipinski definition) is 0. The van der Waals surface area contributed by atoms with Crippen LogP contribution < -0.4 is 20.7 Å². The lowest BCUT2D eigenvalue weighted by Gasteiger charge is -2.35. The molecule has 1 aliphatic carbocycles. The van der Waals surface area contributed by atoms with Crippen LogP contribution in [0.15, 0.2) is 243 Å². The molecule has 0 amide bonds. The SMILES string of the molecule is CC1(C)c2cc(-c3ccc(-c4c5ccccc5c(-c5ccc6ccccc6c5)c5ccccc45)cc3)ccc2-c2ccc([Si](c3ccccc3)(c3ccccc3)c3ccccc3)cc21. The van der Waals surface area contributed by atoms with Gasteiger partial charge in [0.2, 0.25) is 0 Å². The first kappa shape index (κ1) is 38.1. The molecule has 0 nitrogen and oxygen atoms in total. The van der Waals surface area contributed by atoms with Crippen LogP contribution in [-0.2, 0) is 5.41 Å². The predicted octanol–water partition coefficient (Wildman–Crippen LogP) is 13.8. The summed E-state index contributed by atoms with van der Waals surface area (Å²) in [5.41, 5.74) is 12.8. The summed E-state index contributed by atoms with van der Waals surface area (Å²) in [6.45, 7) is 4.84. The van der Waals surface area contributed by atoms with E-state index in [9.17, 15) is 0 Å². The van der Waals surface area contributed by atoms with Crippen molar-refractivity contribution < 1.29 is 0 Å². The molecule has 64 heavy (non-hydrogen) atoms. The van der Waals surface area contributed by atoms with E-state index >= 15 is 0 Å². The fourth-order valence-corrected chi connectivity index (χ4v) is 15.9. The average Bonchev–Trinajstić information content (AvgIpc) is 3.59. The van der Waals surface area contributed by atoms with Gasteiger partial charge in [0.1, 0.15) is 0 Å². The van der Waals surface area contributed by atoms with Gasteiger partial charge in [0.05, 0.1) is 0 Å². The molecule has 0 N–H and O–H groups in total. The molecule has 12 rings (SSSR count). The van der Waals surface area contributed by atoms with Gasteiger partial charge in [0, 0.05) is 5.41 Å². The normalized spacial score (nSPS) is 13.0. The summed E-state index contributed by atoms with van der Waals surface area (Å²) >= 11 is 0. The maximum Gasteiger partial charge on any atom is 0.179 e. The highest BCUT2D eigenvalue weighted by Gasteiger charge is 2.44. The molecular weight excluding hydrogens is 785 g/mol. The van der Waals surface area contributed by atoms with E-state index in [0.717, 1.165) is 0 Å². The van der Waals surface area contributed by atoms with E-state index in [4.69, 9.17) is 0 Å². The Balaban J connectivity index is 0.946. The van der Waals surface area contributed by atoms with Gasteiger partial charge in [-0.25, -0.2) is 0 Å². The van der Waals surface area contributed by atoms with Crippen LogP contribution in [0, 0.1) is 0 Å². The van der Waals surface area contributed by atoms with Crippen molar-refractivity contribution in [2.75, 3.05) is 0 Å². The van der Waals surface area contributed by atoms with Crippen LogP contribution in [0.2, 0.25) is 0 Å². The van der Waals surface area contributed by atoms with Crippen molar-refractivity contribution in [3.63, 3.8) is 0 Å². The molecule has 11 aromatic rings. The largest absolute Gasteiger partial charge is 0.179 e. The Bertz CT molecular complexity index is 3400. The lowest BCUT2D eigenvalue weighted by Crippen LogP contribution is -2.74. The minimum Gasteiger partial charge on any atom is -0.0623 e. The molecule has 0 unspecified atom stereocenters. The van der Waals surface area contributed by atoms with Gasteiger partial charge in [-0.3, -0.25) is 0 Å². The van der Waals surface area contributed by atoms with E-state index in [2.05, 4.69) is 257 Å². The Morgan fingerprint density at radius 3 is 1.23 bits per heavy atom. The topological polar surface area (TPSA) is 0 Å². The fraction of sp³-hybridized carbons (Fsp3) is 0.0476. The molecule has 0 spiro atoms. The average molecular weight is 831 g/mol.